The first-order valence-corrected chi connectivity index (χ1v) is 18.3. The van der Waals surface area contributed by atoms with Crippen molar-refractivity contribution >= 4 is 5.97 Å². The van der Waals surface area contributed by atoms with Gasteiger partial charge in [-0.2, -0.15) is 0 Å². The normalized spacial score (nSPS) is 13.7. The number of aliphatic hydroxyl groups is 16. The lowest BCUT2D eigenvalue weighted by Gasteiger charge is -1.97. The van der Waals surface area contributed by atoms with Gasteiger partial charge in [-0.15, -0.1) is 0 Å². The van der Waals surface area contributed by atoms with Crippen molar-refractivity contribution in [3.05, 3.63) is 12.2 Å². The summed E-state index contributed by atoms with van der Waals surface area (Å²) in [5, 5.41) is 140. The largest absolute Gasteiger partial charge is 0.478 e. The van der Waals surface area contributed by atoms with E-state index in [1.807, 2.05) is 55.4 Å². The molecule has 0 saturated carbocycles. The third-order valence-corrected chi connectivity index (χ3v) is 5.82. The highest BCUT2D eigenvalue weighted by atomic mass is 16.4. The third kappa shape index (κ3) is 104. The Bertz CT molecular complexity index is 470. The van der Waals surface area contributed by atoms with Gasteiger partial charge in [0.05, 0.1) is 102 Å². The number of hydrogen-bond donors (Lipinski definition) is 17. The molecule has 0 aliphatic carbocycles. The van der Waals surface area contributed by atoms with E-state index < -0.39 is 54.8 Å². The van der Waals surface area contributed by atoms with E-state index in [0.717, 1.165) is 0 Å². The number of carbonyl (C=O) groups is 1. The van der Waals surface area contributed by atoms with Crippen LogP contribution in [0.15, 0.2) is 12.2 Å². The van der Waals surface area contributed by atoms with E-state index in [9.17, 15) is 4.79 Å². The second-order valence-corrected chi connectivity index (χ2v) is 11.0. The summed E-state index contributed by atoms with van der Waals surface area (Å²) in [6.07, 6.45) is 1.01. The van der Waals surface area contributed by atoms with Gasteiger partial charge in [0.1, 0.15) is 0 Å². The smallest absolute Gasteiger partial charge is 0.330 e. The van der Waals surface area contributed by atoms with Crippen molar-refractivity contribution in [1.29, 1.82) is 0 Å². The molecular formula is C36H86O18. The van der Waals surface area contributed by atoms with Gasteiger partial charge in [-0.05, 0) is 58.3 Å². The van der Waals surface area contributed by atoms with Crippen molar-refractivity contribution in [2.45, 2.75) is 163 Å². The summed E-state index contributed by atoms with van der Waals surface area (Å²) in [5.74, 6) is -0.935. The van der Waals surface area contributed by atoms with Gasteiger partial charge >= 0.3 is 5.97 Å². The van der Waals surface area contributed by atoms with E-state index in [-0.39, 0.29) is 58.4 Å². The Morgan fingerprint density at radius 1 is 0.352 bits per heavy atom. The topological polar surface area (TPSA) is 361 Å². The maximum Gasteiger partial charge on any atom is 0.330 e. The Kier molecular flexibility index (Phi) is 90.5. The number of hydrogen-bond acceptors (Lipinski definition) is 17. The molecule has 0 rings (SSSR count). The second kappa shape index (κ2) is 66.4. The molecule has 0 fully saturated rings. The number of aliphatic hydroxyl groups excluding tert-OH is 16. The molecule has 0 heterocycles. The maximum absolute atomic E-state index is 9.60. The van der Waals surface area contributed by atoms with Crippen molar-refractivity contribution < 1.29 is 91.6 Å². The molecule has 0 bridgehead atoms. The molecular weight excluding hydrogens is 720 g/mol. The molecule has 0 saturated heterocycles. The second-order valence-electron chi connectivity index (χ2n) is 11.0. The summed E-state index contributed by atoms with van der Waals surface area (Å²) >= 11 is 0. The zero-order valence-electron chi connectivity index (χ0n) is 34.7. The molecule has 0 radical (unpaired) electrons. The lowest BCUT2D eigenvalue weighted by atomic mass is 10.3. The predicted octanol–water partition coefficient (Wildman–Crippen LogP) is -1.36. The van der Waals surface area contributed by atoms with Crippen LogP contribution in [0.4, 0.5) is 0 Å². The first-order valence-electron chi connectivity index (χ1n) is 18.3. The fourth-order valence-electron chi connectivity index (χ4n) is 1.03. The summed E-state index contributed by atoms with van der Waals surface area (Å²) in [6, 6.07) is 0. The highest BCUT2D eigenvalue weighted by molar-refractivity contribution is 5.84. The van der Waals surface area contributed by atoms with Gasteiger partial charge < -0.3 is 86.8 Å². The minimum atomic E-state index is -0.935. The van der Waals surface area contributed by atoms with Gasteiger partial charge in [-0.25, -0.2) is 4.79 Å². The highest BCUT2D eigenvalue weighted by Crippen LogP contribution is 1.87. The summed E-state index contributed by atoms with van der Waals surface area (Å²) < 4.78 is 0. The summed E-state index contributed by atoms with van der Waals surface area (Å²) in [6.45, 7) is 18.2. The SMILES string of the molecule is C=C(C)C(=O)O.CCC(O)CO.CCC(O)CO.CCC(O)CO.CCC(O)CO.CCC(O)CO.CCC(O)CO.CCC(O)CO.CCC(O)CO. The summed E-state index contributed by atoms with van der Waals surface area (Å²) in [5.41, 5.74) is 0.176. The van der Waals surface area contributed by atoms with Gasteiger partial charge in [-0.3, -0.25) is 0 Å². The maximum atomic E-state index is 9.60. The van der Waals surface area contributed by atoms with Crippen LogP contribution in [0.25, 0.3) is 0 Å². The van der Waals surface area contributed by atoms with Crippen LogP contribution in [-0.2, 0) is 4.79 Å². The molecule has 54 heavy (non-hydrogen) atoms. The average Bonchev–Trinajstić information content (AvgIpc) is 3.22. The van der Waals surface area contributed by atoms with Gasteiger partial charge in [0.25, 0.3) is 0 Å². The van der Waals surface area contributed by atoms with E-state index in [2.05, 4.69) is 6.58 Å². The lowest BCUT2D eigenvalue weighted by molar-refractivity contribution is -0.132. The van der Waals surface area contributed by atoms with Gasteiger partial charge in [-0.1, -0.05) is 62.0 Å². The number of carboxylic acid groups (broad SMARTS) is 1. The van der Waals surface area contributed by atoms with Gasteiger partial charge in [0, 0.05) is 5.57 Å². The minimum Gasteiger partial charge on any atom is -0.478 e. The summed E-state index contributed by atoms with van der Waals surface area (Å²) in [4.78, 5) is 9.60. The first kappa shape index (κ1) is 73.6. The molecule has 0 aliphatic rings. The van der Waals surface area contributed by atoms with Crippen LogP contribution in [0, 0.1) is 0 Å². The molecule has 8 atom stereocenters. The monoisotopic (exact) mass is 807 g/mol. The number of aliphatic carboxylic acids is 1. The van der Waals surface area contributed by atoms with Crippen molar-refractivity contribution in [1.82, 2.24) is 0 Å². The third-order valence-electron chi connectivity index (χ3n) is 5.82. The van der Waals surface area contributed by atoms with Crippen molar-refractivity contribution in [3.63, 3.8) is 0 Å². The van der Waals surface area contributed by atoms with Crippen LogP contribution >= 0.6 is 0 Å². The molecule has 8 unspecified atom stereocenters. The van der Waals surface area contributed by atoms with Gasteiger partial charge in [0.2, 0.25) is 0 Å². The molecule has 17 N–H and O–H groups in total. The van der Waals surface area contributed by atoms with Crippen molar-refractivity contribution in [2.24, 2.45) is 0 Å². The molecule has 0 aromatic heterocycles. The van der Waals surface area contributed by atoms with Crippen LogP contribution in [0.3, 0.4) is 0 Å². The fraction of sp³-hybridized carbons (Fsp3) is 0.917. The van der Waals surface area contributed by atoms with E-state index in [1.165, 1.54) is 6.92 Å². The van der Waals surface area contributed by atoms with Crippen LogP contribution in [0.2, 0.25) is 0 Å². The van der Waals surface area contributed by atoms with E-state index in [4.69, 9.17) is 86.8 Å². The molecule has 0 spiro atoms. The standard InChI is InChI=1S/C4H6O2.8C4H10O2/c1-3(2)4(5)6;8*1-2-4(6)3-5/h1H2,2H3,(H,5,6);8*4-6H,2-3H2,1H3. The quantitative estimate of drug-likeness (QED) is 0.0755. The van der Waals surface area contributed by atoms with Crippen molar-refractivity contribution in [2.75, 3.05) is 52.9 Å². The molecule has 338 valence electrons. The highest BCUT2D eigenvalue weighted by Gasteiger charge is 1.96. The molecule has 18 heteroatoms. The van der Waals surface area contributed by atoms with E-state index in [1.54, 1.807) is 0 Å². The van der Waals surface area contributed by atoms with Crippen LogP contribution < -0.4 is 0 Å². The first-order chi connectivity index (χ1) is 25.1. The Morgan fingerprint density at radius 3 is 0.426 bits per heavy atom. The minimum absolute atomic E-state index is 0.115. The van der Waals surface area contributed by atoms with Gasteiger partial charge in [0.15, 0.2) is 0 Å². The lowest BCUT2D eigenvalue weighted by Crippen LogP contribution is -2.08. The Labute approximate surface area is 325 Å². The van der Waals surface area contributed by atoms with E-state index >= 15 is 0 Å². The van der Waals surface area contributed by atoms with Crippen molar-refractivity contribution in [3.8, 4) is 0 Å². The van der Waals surface area contributed by atoms with E-state index in [0.29, 0.717) is 51.4 Å². The Hall–Kier alpha value is -1.43. The molecule has 0 aromatic rings. The fourth-order valence-corrected chi connectivity index (χ4v) is 1.03. The summed E-state index contributed by atoms with van der Waals surface area (Å²) in [7, 11) is 0. The molecule has 0 amide bonds. The molecule has 0 aliphatic heterocycles. The predicted molar refractivity (Wildman–Crippen MR) is 210 cm³/mol. The van der Waals surface area contributed by atoms with Crippen LogP contribution in [-0.4, -0.2) is 194 Å². The molecule has 18 nitrogen and oxygen atoms in total. The molecule has 0 aromatic carbocycles. The van der Waals surface area contributed by atoms with Crippen LogP contribution in [0.5, 0.6) is 0 Å². The zero-order valence-corrected chi connectivity index (χ0v) is 34.7. The van der Waals surface area contributed by atoms with Crippen LogP contribution in [0.1, 0.15) is 114 Å². The number of rotatable bonds is 17. The average molecular weight is 807 g/mol. The zero-order chi connectivity index (χ0) is 45.1. The number of carboxylic acids is 1. The Balaban J connectivity index is -0.0000000603. The Morgan fingerprint density at radius 2 is 0.426 bits per heavy atom.